The van der Waals surface area contributed by atoms with Crippen LogP contribution in [0.25, 0.3) is 0 Å². The van der Waals surface area contributed by atoms with Gasteiger partial charge in [0, 0.05) is 13.1 Å². The van der Waals surface area contributed by atoms with Crippen molar-refractivity contribution >= 4 is 11.6 Å². The van der Waals surface area contributed by atoms with E-state index in [4.69, 9.17) is 16.3 Å². The lowest BCUT2D eigenvalue weighted by Crippen LogP contribution is -2.35. The van der Waals surface area contributed by atoms with Crippen LogP contribution in [0.1, 0.15) is 17.8 Å². The van der Waals surface area contributed by atoms with Crippen LogP contribution in [0.4, 0.5) is 0 Å². The number of rotatable bonds is 2. The van der Waals surface area contributed by atoms with Crippen molar-refractivity contribution in [1.82, 2.24) is 20.1 Å². The van der Waals surface area contributed by atoms with Crippen LogP contribution in [0.3, 0.4) is 0 Å². The molecule has 0 spiro atoms. The van der Waals surface area contributed by atoms with E-state index >= 15 is 0 Å². The summed E-state index contributed by atoms with van der Waals surface area (Å²) in [7, 11) is 2.06. The minimum atomic E-state index is -0.0260. The molecule has 1 aromatic rings. The van der Waals surface area contributed by atoms with E-state index in [9.17, 15) is 0 Å². The van der Waals surface area contributed by atoms with Gasteiger partial charge in [-0.05, 0) is 7.05 Å². The Morgan fingerprint density at radius 1 is 1.71 bits per heavy atom. The Kier molecular flexibility index (Phi) is 3.00. The molecule has 0 amide bonds. The van der Waals surface area contributed by atoms with Crippen LogP contribution in [0.2, 0.25) is 0 Å². The Balaban J connectivity index is 2.06. The summed E-state index contributed by atoms with van der Waals surface area (Å²) < 4.78 is 5.56. The van der Waals surface area contributed by atoms with Crippen LogP contribution < -0.4 is 0 Å². The van der Waals surface area contributed by atoms with Crippen molar-refractivity contribution in [1.29, 1.82) is 0 Å². The molecule has 1 atom stereocenters. The number of nitrogens with zero attached hydrogens (tertiary/aromatic N) is 3. The summed E-state index contributed by atoms with van der Waals surface area (Å²) in [5, 5.41) is 6.85. The molecule has 0 aliphatic carbocycles. The van der Waals surface area contributed by atoms with Crippen LogP contribution >= 0.6 is 11.6 Å². The highest BCUT2D eigenvalue weighted by atomic mass is 35.5. The van der Waals surface area contributed by atoms with Crippen molar-refractivity contribution in [2.24, 2.45) is 0 Å². The summed E-state index contributed by atoms with van der Waals surface area (Å²) in [4.78, 5) is 6.44. The van der Waals surface area contributed by atoms with Crippen LogP contribution in [-0.4, -0.2) is 46.8 Å². The van der Waals surface area contributed by atoms with E-state index in [1.54, 1.807) is 0 Å². The number of likely N-dealkylation sites (N-methyl/N-ethyl adjacent to an activating group) is 1. The van der Waals surface area contributed by atoms with Crippen molar-refractivity contribution in [2.75, 3.05) is 26.7 Å². The SMILES string of the molecule is CN1CCOC(c2n[nH]c(CCl)n2)C1. The molecule has 14 heavy (non-hydrogen) atoms. The standard InChI is InChI=1S/C8H13ClN4O/c1-13-2-3-14-6(5-13)8-10-7(4-9)11-12-8/h6H,2-5H2,1H3,(H,10,11,12). The second kappa shape index (κ2) is 4.25. The van der Waals surface area contributed by atoms with Gasteiger partial charge in [-0.1, -0.05) is 0 Å². The zero-order valence-electron chi connectivity index (χ0n) is 8.03. The maximum Gasteiger partial charge on any atom is 0.180 e. The van der Waals surface area contributed by atoms with Gasteiger partial charge in [-0.2, -0.15) is 5.10 Å². The van der Waals surface area contributed by atoms with Gasteiger partial charge in [0.05, 0.1) is 12.5 Å². The maximum atomic E-state index is 5.62. The molecule has 0 radical (unpaired) electrons. The molecule has 1 aliphatic heterocycles. The zero-order chi connectivity index (χ0) is 9.97. The van der Waals surface area contributed by atoms with Crippen molar-refractivity contribution < 1.29 is 4.74 Å². The number of halogens is 1. The van der Waals surface area contributed by atoms with Gasteiger partial charge in [0.1, 0.15) is 11.9 Å². The summed E-state index contributed by atoms with van der Waals surface area (Å²) in [6.07, 6.45) is -0.0260. The number of aromatic nitrogens is 3. The van der Waals surface area contributed by atoms with Crippen molar-refractivity contribution in [3.05, 3.63) is 11.6 Å². The highest BCUT2D eigenvalue weighted by molar-refractivity contribution is 6.16. The van der Waals surface area contributed by atoms with Crippen molar-refractivity contribution in [3.8, 4) is 0 Å². The molecule has 1 N–H and O–H groups in total. The monoisotopic (exact) mass is 216 g/mol. The fourth-order valence-corrected chi connectivity index (χ4v) is 1.57. The molecule has 6 heteroatoms. The number of morpholine rings is 1. The quantitative estimate of drug-likeness (QED) is 0.734. The average molecular weight is 217 g/mol. The van der Waals surface area contributed by atoms with Crippen LogP contribution in [-0.2, 0) is 10.6 Å². The lowest BCUT2D eigenvalue weighted by molar-refractivity contribution is -0.0253. The Labute approximate surface area is 87.4 Å². The van der Waals surface area contributed by atoms with Gasteiger partial charge in [-0.25, -0.2) is 4.98 Å². The lowest BCUT2D eigenvalue weighted by atomic mass is 10.3. The van der Waals surface area contributed by atoms with Crippen LogP contribution in [0.15, 0.2) is 0 Å². The number of alkyl halides is 1. The Hall–Kier alpha value is -0.650. The van der Waals surface area contributed by atoms with Gasteiger partial charge in [0.25, 0.3) is 0 Å². The zero-order valence-corrected chi connectivity index (χ0v) is 8.79. The normalized spacial score (nSPS) is 24.0. The third-order valence-electron chi connectivity index (χ3n) is 2.23. The Morgan fingerprint density at radius 3 is 3.21 bits per heavy atom. The molecule has 2 heterocycles. The summed E-state index contributed by atoms with van der Waals surface area (Å²) in [6, 6.07) is 0. The van der Waals surface area contributed by atoms with Gasteiger partial charge in [0.2, 0.25) is 0 Å². The van der Waals surface area contributed by atoms with E-state index in [1.165, 1.54) is 0 Å². The second-order valence-corrected chi connectivity index (χ2v) is 3.66. The summed E-state index contributed by atoms with van der Waals surface area (Å²) in [5.74, 6) is 1.75. The van der Waals surface area contributed by atoms with E-state index in [1.807, 2.05) is 0 Å². The van der Waals surface area contributed by atoms with Crippen molar-refractivity contribution in [2.45, 2.75) is 12.0 Å². The fraction of sp³-hybridized carbons (Fsp3) is 0.750. The van der Waals surface area contributed by atoms with Gasteiger partial charge in [0.15, 0.2) is 5.82 Å². The Bertz CT molecular complexity index is 303. The van der Waals surface area contributed by atoms with E-state index < -0.39 is 0 Å². The number of nitrogens with one attached hydrogen (secondary N) is 1. The average Bonchev–Trinajstić information content (AvgIpc) is 2.66. The topological polar surface area (TPSA) is 54.0 Å². The molecule has 0 saturated carbocycles. The first-order valence-corrected chi connectivity index (χ1v) is 5.10. The van der Waals surface area contributed by atoms with Gasteiger partial charge in [-0.3, -0.25) is 5.10 Å². The predicted octanol–water partition coefficient (Wildman–Crippen LogP) is 0.547. The van der Waals surface area contributed by atoms with Crippen molar-refractivity contribution in [3.63, 3.8) is 0 Å². The molecule has 1 unspecified atom stereocenters. The molecule has 1 fully saturated rings. The number of hydrogen-bond acceptors (Lipinski definition) is 4. The third-order valence-corrected chi connectivity index (χ3v) is 2.49. The molecule has 1 saturated heterocycles. The van der Waals surface area contributed by atoms with Gasteiger partial charge >= 0.3 is 0 Å². The Morgan fingerprint density at radius 2 is 2.57 bits per heavy atom. The number of hydrogen-bond donors (Lipinski definition) is 1. The summed E-state index contributed by atoms with van der Waals surface area (Å²) >= 11 is 5.62. The smallest absolute Gasteiger partial charge is 0.180 e. The van der Waals surface area contributed by atoms with E-state index in [-0.39, 0.29) is 6.10 Å². The fourth-order valence-electron chi connectivity index (χ4n) is 1.45. The highest BCUT2D eigenvalue weighted by Crippen LogP contribution is 2.17. The molecular weight excluding hydrogens is 204 g/mol. The minimum Gasteiger partial charge on any atom is -0.367 e. The van der Waals surface area contributed by atoms with E-state index in [2.05, 4.69) is 27.1 Å². The maximum absolute atomic E-state index is 5.62. The highest BCUT2D eigenvalue weighted by Gasteiger charge is 2.22. The molecule has 0 bridgehead atoms. The molecule has 2 rings (SSSR count). The molecule has 0 aromatic carbocycles. The summed E-state index contributed by atoms with van der Waals surface area (Å²) in [6.45, 7) is 2.52. The van der Waals surface area contributed by atoms with Gasteiger partial charge < -0.3 is 9.64 Å². The third kappa shape index (κ3) is 2.05. The first kappa shape index (κ1) is 9.89. The minimum absolute atomic E-state index is 0.0260. The van der Waals surface area contributed by atoms with Gasteiger partial charge in [-0.15, -0.1) is 11.6 Å². The molecule has 5 nitrogen and oxygen atoms in total. The predicted molar refractivity (Wildman–Crippen MR) is 52.1 cm³/mol. The lowest BCUT2D eigenvalue weighted by Gasteiger charge is -2.28. The molecular formula is C8H13ClN4O. The van der Waals surface area contributed by atoms with Crippen LogP contribution in [0, 0.1) is 0 Å². The first-order valence-electron chi connectivity index (χ1n) is 4.57. The summed E-state index contributed by atoms with van der Waals surface area (Å²) in [5.41, 5.74) is 0. The first-order chi connectivity index (χ1) is 6.79. The molecule has 1 aromatic heterocycles. The van der Waals surface area contributed by atoms with E-state index in [0.29, 0.717) is 17.5 Å². The molecule has 1 aliphatic rings. The number of H-pyrrole nitrogens is 1. The number of aromatic amines is 1. The van der Waals surface area contributed by atoms with E-state index in [0.717, 1.165) is 19.7 Å². The molecule has 78 valence electrons. The number of ether oxygens (including phenoxy) is 1. The second-order valence-electron chi connectivity index (χ2n) is 3.40. The largest absolute Gasteiger partial charge is 0.367 e. The van der Waals surface area contributed by atoms with Crippen LogP contribution in [0.5, 0.6) is 0 Å².